The van der Waals surface area contributed by atoms with Gasteiger partial charge in [-0.1, -0.05) is 0 Å². The van der Waals surface area contributed by atoms with Crippen LogP contribution in [0.5, 0.6) is 0 Å². The van der Waals surface area contributed by atoms with Crippen molar-refractivity contribution in [1.29, 1.82) is 0 Å². The minimum absolute atomic E-state index is 0.0757. The van der Waals surface area contributed by atoms with Gasteiger partial charge in [-0.05, 0) is 54.8 Å². The molecule has 1 unspecified atom stereocenters. The van der Waals surface area contributed by atoms with Crippen molar-refractivity contribution in [2.24, 2.45) is 5.92 Å². The van der Waals surface area contributed by atoms with E-state index in [0.29, 0.717) is 37.4 Å². The Hall–Kier alpha value is -1.94. The molecular formula is C19H26BrN3O5S. The average molecular weight is 488 g/mol. The molecule has 2 heterocycles. The quantitative estimate of drug-likeness (QED) is 0.592. The number of hydrogen-bond acceptors (Lipinski definition) is 6. The fraction of sp³-hybridized carbons (Fsp3) is 0.579. The van der Waals surface area contributed by atoms with E-state index in [-0.39, 0.29) is 36.2 Å². The van der Waals surface area contributed by atoms with Gasteiger partial charge in [0, 0.05) is 20.1 Å². The Kier molecular flexibility index (Phi) is 8.63. The third-order valence-corrected chi connectivity index (χ3v) is 6.35. The Balaban J connectivity index is 1.80. The van der Waals surface area contributed by atoms with Crippen molar-refractivity contribution in [1.82, 2.24) is 15.1 Å². The third-order valence-electron chi connectivity index (χ3n) is 4.73. The van der Waals surface area contributed by atoms with Crippen LogP contribution < -0.4 is 5.32 Å². The molecule has 1 aromatic rings. The van der Waals surface area contributed by atoms with Crippen LogP contribution in [0.2, 0.25) is 0 Å². The lowest BCUT2D eigenvalue weighted by atomic mass is 9.97. The SMILES string of the molecule is CCOC(=O)C1CCN(C(=O)CN(C)C(=O)C(C)NC(=O)c2ccc(Br)s2)CC1. The van der Waals surface area contributed by atoms with Crippen LogP contribution in [0.1, 0.15) is 36.4 Å². The summed E-state index contributed by atoms with van der Waals surface area (Å²) < 4.78 is 5.86. The van der Waals surface area contributed by atoms with Gasteiger partial charge in [0.25, 0.3) is 5.91 Å². The predicted molar refractivity (Wildman–Crippen MR) is 113 cm³/mol. The van der Waals surface area contributed by atoms with Crippen molar-refractivity contribution in [2.75, 3.05) is 33.3 Å². The van der Waals surface area contributed by atoms with Crippen molar-refractivity contribution in [3.63, 3.8) is 0 Å². The van der Waals surface area contributed by atoms with Crippen LogP contribution in [0.4, 0.5) is 0 Å². The first kappa shape index (κ1) is 23.3. The first-order valence-corrected chi connectivity index (χ1v) is 11.1. The maximum Gasteiger partial charge on any atom is 0.309 e. The number of piperidine rings is 1. The molecule has 0 saturated carbocycles. The van der Waals surface area contributed by atoms with Crippen LogP contribution in [0.25, 0.3) is 0 Å². The number of rotatable bonds is 7. The van der Waals surface area contributed by atoms with Gasteiger partial charge in [-0.2, -0.15) is 0 Å². The van der Waals surface area contributed by atoms with Crippen molar-refractivity contribution >= 4 is 51.0 Å². The fourth-order valence-corrected chi connectivity index (χ4v) is 4.39. The monoisotopic (exact) mass is 487 g/mol. The Morgan fingerprint density at radius 1 is 1.31 bits per heavy atom. The third kappa shape index (κ3) is 6.53. The Morgan fingerprint density at radius 3 is 2.52 bits per heavy atom. The zero-order valence-corrected chi connectivity index (χ0v) is 19.2. The number of nitrogens with one attached hydrogen (secondary N) is 1. The summed E-state index contributed by atoms with van der Waals surface area (Å²) in [6.07, 6.45) is 1.12. The van der Waals surface area contributed by atoms with E-state index in [0.717, 1.165) is 3.79 Å². The van der Waals surface area contributed by atoms with E-state index in [1.54, 1.807) is 30.9 Å². The molecule has 1 aliphatic heterocycles. The molecule has 3 amide bonds. The number of likely N-dealkylation sites (N-methyl/N-ethyl adjacent to an activating group) is 1. The summed E-state index contributed by atoms with van der Waals surface area (Å²) >= 11 is 4.58. The van der Waals surface area contributed by atoms with Gasteiger partial charge in [-0.15, -0.1) is 11.3 Å². The van der Waals surface area contributed by atoms with E-state index in [1.807, 2.05) is 0 Å². The molecule has 10 heteroatoms. The van der Waals surface area contributed by atoms with Crippen molar-refractivity contribution in [3.8, 4) is 0 Å². The summed E-state index contributed by atoms with van der Waals surface area (Å²) in [5.74, 6) is -1.24. The second kappa shape index (κ2) is 10.7. The highest BCUT2D eigenvalue weighted by molar-refractivity contribution is 9.11. The number of carbonyl (C=O) groups excluding carboxylic acids is 4. The number of thiophene rings is 1. The molecule has 0 aromatic carbocycles. The van der Waals surface area contributed by atoms with Gasteiger partial charge in [-0.3, -0.25) is 19.2 Å². The molecule has 1 atom stereocenters. The molecule has 0 bridgehead atoms. The van der Waals surface area contributed by atoms with Crippen LogP contribution in [-0.4, -0.2) is 72.8 Å². The van der Waals surface area contributed by atoms with Gasteiger partial charge in [0.2, 0.25) is 11.8 Å². The zero-order chi connectivity index (χ0) is 21.6. The van der Waals surface area contributed by atoms with Crippen LogP contribution in [0, 0.1) is 5.92 Å². The minimum Gasteiger partial charge on any atom is -0.466 e. The molecule has 1 aromatic heterocycles. The standard InChI is InChI=1S/C19H26BrN3O5S/c1-4-28-19(27)13-7-9-23(10-8-13)16(24)11-22(3)18(26)12(2)21-17(25)14-5-6-15(20)29-14/h5-6,12-13H,4,7-11H2,1-3H3,(H,21,25). The summed E-state index contributed by atoms with van der Waals surface area (Å²) in [6.45, 7) is 4.56. The lowest BCUT2D eigenvalue weighted by Crippen LogP contribution is -2.50. The Labute approximate surface area is 182 Å². The lowest BCUT2D eigenvalue weighted by molar-refractivity contribution is -0.151. The van der Waals surface area contributed by atoms with E-state index in [4.69, 9.17) is 4.74 Å². The van der Waals surface area contributed by atoms with Crippen molar-refractivity contribution < 1.29 is 23.9 Å². The molecule has 29 heavy (non-hydrogen) atoms. The summed E-state index contributed by atoms with van der Waals surface area (Å²) in [4.78, 5) is 52.5. The highest BCUT2D eigenvalue weighted by Gasteiger charge is 2.29. The summed E-state index contributed by atoms with van der Waals surface area (Å²) in [7, 11) is 1.54. The van der Waals surface area contributed by atoms with Gasteiger partial charge < -0.3 is 19.9 Å². The van der Waals surface area contributed by atoms with Crippen molar-refractivity contribution in [3.05, 3.63) is 20.8 Å². The number of esters is 1. The molecule has 0 spiro atoms. The average Bonchev–Trinajstić information content (AvgIpc) is 3.14. The highest BCUT2D eigenvalue weighted by Crippen LogP contribution is 2.22. The molecule has 1 aliphatic rings. The molecule has 160 valence electrons. The van der Waals surface area contributed by atoms with Gasteiger partial charge in [0.05, 0.1) is 27.7 Å². The fourth-order valence-electron chi connectivity index (χ4n) is 3.10. The number of hydrogen-bond donors (Lipinski definition) is 1. The van der Waals surface area contributed by atoms with Crippen LogP contribution >= 0.6 is 27.3 Å². The lowest BCUT2D eigenvalue weighted by Gasteiger charge is -2.32. The second-order valence-electron chi connectivity index (χ2n) is 6.90. The molecular weight excluding hydrogens is 462 g/mol. The first-order valence-electron chi connectivity index (χ1n) is 9.48. The van der Waals surface area contributed by atoms with Crippen LogP contribution in [0.15, 0.2) is 15.9 Å². The molecule has 0 aliphatic carbocycles. The Morgan fingerprint density at radius 2 is 1.97 bits per heavy atom. The van der Waals surface area contributed by atoms with E-state index in [2.05, 4.69) is 21.2 Å². The normalized spacial score (nSPS) is 15.5. The van der Waals surface area contributed by atoms with Gasteiger partial charge >= 0.3 is 5.97 Å². The van der Waals surface area contributed by atoms with E-state index in [1.165, 1.54) is 23.3 Å². The zero-order valence-electron chi connectivity index (χ0n) is 16.8. The van der Waals surface area contributed by atoms with Crippen LogP contribution in [0.3, 0.4) is 0 Å². The number of ether oxygens (including phenoxy) is 1. The number of carbonyl (C=O) groups is 4. The predicted octanol–water partition coefficient (Wildman–Crippen LogP) is 1.89. The van der Waals surface area contributed by atoms with E-state index < -0.39 is 6.04 Å². The first-order chi connectivity index (χ1) is 13.7. The number of likely N-dealkylation sites (tertiary alicyclic amines) is 1. The summed E-state index contributed by atoms with van der Waals surface area (Å²) in [6, 6.07) is 2.69. The highest BCUT2D eigenvalue weighted by atomic mass is 79.9. The summed E-state index contributed by atoms with van der Waals surface area (Å²) in [5, 5.41) is 2.66. The maximum absolute atomic E-state index is 12.5. The summed E-state index contributed by atoms with van der Waals surface area (Å²) in [5.41, 5.74) is 0. The molecule has 2 rings (SSSR count). The Bertz CT molecular complexity index is 761. The molecule has 0 radical (unpaired) electrons. The van der Waals surface area contributed by atoms with Gasteiger partial charge in [-0.25, -0.2) is 0 Å². The minimum atomic E-state index is -0.754. The smallest absolute Gasteiger partial charge is 0.309 e. The number of halogens is 1. The molecule has 8 nitrogen and oxygen atoms in total. The van der Waals surface area contributed by atoms with Crippen LogP contribution in [-0.2, 0) is 19.1 Å². The largest absolute Gasteiger partial charge is 0.466 e. The van der Waals surface area contributed by atoms with Crippen molar-refractivity contribution in [2.45, 2.75) is 32.7 Å². The van der Waals surface area contributed by atoms with E-state index in [9.17, 15) is 19.2 Å². The molecule has 1 fully saturated rings. The number of nitrogens with zero attached hydrogens (tertiary/aromatic N) is 2. The van der Waals surface area contributed by atoms with E-state index >= 15 is 0 Å². The maximum atomic E-state index is 12.5. The van der Waals surface area contributed by atoms with Gasteiger partial charge in [0.15, 0.2) is 0 Å². The molecule has 1 N–H and O–H groups in total. The topological polar surface area (TPSA) is 96.0 Å². The number of amides is 3. The van der Waals surface area contributed by atoms with Gasteiger partial charge in [0.1, 0.15) is 6.04 Å². The molecule has 1 saturated heterocycles. The second-order valence-corrected chi connectivity index (χ2v) is 9.36.